The van der Waals surface area contributed by atoms with Crippen LogP contribution >= 0.6 is 11.3 Å². The largest absolute Gasteiger partial charge is 0.507 e. The molecule has 0 radical (unpaired) electrons. The number of hydrogen-bond donors (Lipinski definition) is 6. The van der Waals surface area contributed by atoms with Crippen LogP contribution in [-0.2, 0) is 41.6 Å². The third-order valence-corrected chi connectivity index (χ3v) is 13.8. The fraction of sp³-hybridized carbons (Fsp3) is 0.434. The van der Waals surface area contributed by atoms with Gasteiger partial charge in [0, 0.05) is 64.1 Å². The lowest BCUT2D eigenvalue weighted by Crippen LogP contribution is -2.57. The fourth-order valence-electron chi connectivity index (χ4n) is 8.75. The van der Waals surface area contributed by atoms with E-state index in [1.807, 2.05) is 70.2 Å². The van der Waals surface area contributed by atoms with E-state index in [9.17, 15) is 39.0 Å². The first kappa shape index (κ1) is 53.8. The number of thiazole rings is 1. The predicted octanol–water partition coefficient (Wildman–Crippen LogP) is 4.71. The Morgan fingerprint density at radius 2 is 1.63 bits per heavy atom. The van der Waals surface area contributed by atoms with Gasteiger partial charge in [-0.15, -0.1) is 11.3 Å². The van der Waals surface area contributed by atoms with E-state index in [0.29, 0.717) is 5.56 Å². The normalized spacial score (nSPS) is 16.6. The highest BCUT2D eigenvalue weighted by atomic mass is 32.1. The molecule has 0 bridgehead atoms. The van der Waals surface area contributed by atoms with E-state index in [0.717, 1.165) is 40.1 Å². The van der Waals surface area contributed by atoms with Gasteiger partial charge in [0.05, 0.1) is 60.2 Å². The number of aryl methyl sites for hydroxylation is 2. The number of likely N-dealkylation sites (tertiary alicyclic amines) is 1. The van der Waals surface area contributed by atoms with Crippen molar-refractivity contribution in [1.82, 2.24) is 41.2 Å². The molecule has 4 atom stereocenters. The van der Waals surface area contributed by atoms with E-state index in [2.05, 4.69) is 37.5 Å². The summed E-state index contributed by atoms with van der Waals surface area (Å²) in [6.45, 7) is 8.39. The summed E-state index contributed by atoms with van der Waals surface area (Å²) >= 11 is 1.56. The molecule has 20 heteroatoms. The molecule has 0 spiro atoms. The maximum absolute atomic E-state index is 14.0. The maximum atomic E-state index is 14.0. The minimum absolute atomic E-state index is 0.0372. The molecule has 3 aromatic carbocycles. The van der Waals surface area contributed by atoms with Gasteiger partial charge in [-0.1, -0.05) is 80.5 Å². The van der Waals surface area contributed by atoms with Crippen molar-refractivity contribution >= 4 is 46.8 Å². The summed E-state index contributed by atoms with van der Waals surface area (Å²) in [7, 11) is 1.55. The first-order valence-corrected chi connectivity index (χ1v) is 25.3. The zero-order chi connectivity index (χ0) is 52.2. The summed E-state index contributed by atoms with van der Waals surface area (Å²) in [5.74, 6) is -2.45. The van der Waals surface area contributed by atoms with Gasteiger partial charge in [-0.25, -0.2) is 4.98 Å². The number of benzene rings is 3. The number of aromatic hydroxyl groups is 1. The summed E-state index contributed by atoms with van der Waals surface area (Å²) in [5.41, 5.74) is 6.80. The highest BCUT2D eigenvalue weighted by Crippen LogP contribution is 2.33. The monoisotopic (exact) mass is 1020 g/mol. The number of likely N-dealkylation sites (N-methyl/N-ethyl adjacent to an activating group) is 1. The van der Waals surface area contributed by atoms with Crippen molar-refractivity contribution in [3.63, 3.8) is 0 Å². The molecule has 0 unspecified atom stereocenters. The van der Waals surface area contributed by atoms with Crippen LogP contribution in [0.2, 0.25) is 0 Å². The first-order chi connectivity index (χ1) is 35.0. The highest BCUT2D eigenvalue weighted by Gasteiger charge is 2.44. The summed E-state index contributed by atoms with van der Waals surface area (Å²) in [6.07, 6.45) is 0.873. The number of aliphatic hydroxyl groups is 1. The van der Waals surface area contributed by atoms with Gasteiger partial charge in [0.1, 0.15) is 17.8 Å². The van der Waals surface area contributed by atoms with Crippen LogP contribution in [0.25, 0.3) is 21.8 Å². The van der Waals surface area contributed by atoms with E-state index < -0.39 is 47.2 Å². The molecule has 6 amide bonds. The van der Waals surface area contributed by atoms with Crippen LogP contribution in [0.1, 0.15) is 95.7 Å². The summed E-state index contributed by atoms with van der Waals surface area (Å²) in [4.78, 5) is 87.1. The predicted molar refractivity (Wildman–Crippen MR) is 271 cm³/mol. The minimum atomic E-state index is -0.976. The van der Waals surface area contributed by atoms with Crippen LogP contribution in [-0.4, -0.2) is 137 Å². The molecule has 1 fully saturated rings. The average Bonchev–Trinajstić information content (AvgIpc) is 4.20. The van der Waals surface area contributed by atoms with Crippen molar-refractivity contribution in [3.05, 3.63) is 112 Å². The van der Waals surface area contributed by atoms with E-state index in [1.165, 1.54) is 33.6 Å². The summed E-state index contributed by atoms with van der Waals surface area (Å²) < 4.78 is 16.5. The van der Waals surface area contributed by atoms with Crippen LogP contribution in [0.15, 0.2) is 82.8 Å². The minimum Gasteiger partial charge on any atom is -0.507 e. The third kappa shape index (κ3) is 14.2. The molecule has 5 aromatic rings. The smallest absolute Gasteiger partial charge is 0.273 e. The van der Waals surface area contributed by atoms with Gasteiger partial charge in [-0.3, -0.25) is 28.8 Å². The Hall–Kier alpha value is -7.00. The zero-order valence-electron chi connectivity index (χ0n) is 41.8. The van der Waals surface area contributed by atoms with Crippen molar-refractivity contribution in [2.75, 3.05) is 53.1 Å². The number of nitrogens with one attached hydrogen (secondary N) is 4. The molecular formula is C53H64N8O11S. The summed E-state index contributed by atoms with van der Waals surface area (Å²) in [6, 6.07) is 19.7. The third-order valence-electron chi connectivity index (χ3n) is 12.8. The number of rotatable bonds is 22. The van der Waals surface area contributed by atoms with Crippen molar-refractivity contribution in [2.24, 2.45) is 5.41 Å². The first-order valence-electron chi connectivity index (χ1n) is 24.4. The van der Waals surface area contributed by atoms with Gasteiger partial charge in [0.15, 0.2) is 11.5 Å². The Morgan fingerprint density at radius 3 is 2.33 bits per heavy atom. The Labute approximate surface area is 428 Å². The quantitative estimate of drug-likeness (QED) is 0.0515. The van der Waals surface area contributed by atoms with E-state index >= 15 is 0 Å². The van der Waals surface area contributed by atoms with Gasteiger partial charge in [-0.2, -0.15) is 0 Å². The molecule has 1 aliphatic carbocycles. The molecule has 2 aliphatic rings. The second kappa shape index (κ2) is 24.6. The van der Waals surface area contributed by atoms with Crippen LogP contribution < -0.4 is 21.3 Å². The number of aliphatic hydroxyl groups excluding tert-OH is 1. The van der Waals surface area contributed by atoms with Crippen LogP contribution in [0.4, 0.5) is 0 Å². The van der Waals surface area contributed by atoms with E-state index in [1.54, 1.807) is 30.0 Å². The van der Waals surface area contributed by atoms with Crippen molar-refractivity contribution in [3.8, 4) is 27.5 Å². The number of phenols is 1. The molecular weight excluding hydrogens is 957 g/mol. The Kier molecular flexibility index (Phi) is 18.1. The Bertz CT molecular complexity index is 2750. The van der Waals surface area contributed by atoms with Crippen LogP contribution in [0.3, 0.4) is 0 Å². The van der Waals surface area contributed by atoms with Crippen molar-refractivity contribution in [1.29, 1.82) is 0 Å². The molecule has 1 saturated heterocycles. The number of carbonyl (C=O) groups is 6. The van der Waals surface area contributed by atoms with Gasteiger partial charge < -0.3 is 55.3 Å². The number of nitrogens with zero attached hydrogens (tertiary/aromatic N) is 4. The molecule has 1 aliphatic heterocycles. The average molecular weight is 1020 g/mol. The van der Waals surface area contributed by atoms with Gasteiger partial charge in [-0.05, 0) is 59.6 Å². The molecule has 7 rings (SSSR count). The maximum Gasteiger partial charge on any atom is 0.273 e. The van der Waals surface area contributed by atoms with Crippen LogP contribution in [0, 0.1) is 12.3 Å². The Balaban J connectivity index is 0.751. The number of hydrogen-bond acceptors (Lipinski definition) is 14. The van der Waals surface area contributed by atoms with Gasteiger partial charge in [0.25, 0.3) is 11.8 Å². The molecule has 2 aromatic heterocycles. The molecule has 19 nitrogen and oxygen atoms in total. The lowest BCUT2D eigenvalue weighted by Gasteiger charge is -2.35. The second-order valence-electron chi connectivity index (χ2n) is 19.3. The lowest BCUT2D eigenvalue weighted by molar-refractivity contribution is -0.144. The van der Waals surface area contributed by atoms with Gasteiger partial charge >= 0.3 is 0 Å². The number of β-amino-alcohol motifs (C(OH)–C–C–N with tert-alkyl or cyclic N) is 1. The molecule has 6 N–H and O–H groups in total. The molecule has 3 heterocycles. The molecule has 388 valence electrons. The fourth-order valence-corrected chi connectivity index (χ4v) is 9.56. The second-order valence-corrected chi connectivity index (χ2v) is 20.2. The topological polar surface area (TPSA) is 255 Å². The standard InChI is InChI=1S/C53H64N8O11S/c1-32-47(73-31-56-32)35-12-10-33(11-13-35)29-55-50(67)42-27-37(62)30-61(42)52(69)48(53(2,3)4)58-46(65)19-23-71-25-24-70-22-18-45(64)54-20-21-60(5)51(68)39-16-14-36(26-43(39)63)44-28-41(59-72-44)49(66)57-40-17-15-34-8-6-7-9-38(34)40/h6-14,16,26,28,31,37,40,42,48,62-63H,15,17-25,27,29-30H2,1-5H3,(H,54,64)(H,55,67)(H,57,66)(H,58,65)/t37-,40-,42+,48-/m1/s1. The number of phenolic OH excluding ortho intramolecular Hbond substituents is 1. The molecule has 73 heavy (non-hydrogen) atoms. The van der Waals surface area contributed by atoms with Crippen molar-refractivity contribution in [2.45, 2.75) is 90.6 Å². The number of fused-ring (bicyclic) bond motifs is 1. The van der Waals surface area contributed by atoms with Crippen molar-refractivity contribution < 1.29 is 53.0 Å². The number of amides is 6. The number of ether oxygens (including phenoxy) is 2. The van der Waals surface area contributed by atoms with Gasteiger partial charge in [0.2, 0.25) is 23.6 Å². The highest BCUT2D eigenvalue weighted by molar-refractivity contribution is 7.13. The molecule has 0 saturated carbocycles. The summed E-state index contributed by atoms with van der Waals surface area (Å²) in [5, 5.41) is 36.7. The Morgan fingerprint density at radius 1 is 0.918 bits per heavy atom. The lowest BCUT2D eigenvalue weighted by atomic mass is 9.85. The van der Waals surface area contributed by atoms with E-state index in [4.69, 9.17) is 14.0 Å². The number of carbonyl (C=O) groups excluding carboxylic acids is 6. The zero-order valence-corrected chi connectivity index (χ0v) is 42.6. The van der Waals surface area contributed by atoms with E-state index in [-0.39, 0.29) is 112 Å². The SMILES string of the molecule is Cc1ncsc1-c1ccc(CNC(=O)[C@@H]2C[C@@H](O)CN2C(=O)[C@@H](NC(=O)CCOCCOCCC(=O)NCCN(C)C(=O)c2ccc(-c3cc(C(=O)N[C@@H]4CCc5ccccc54)no3)cc2O)C(C)(C)C)cc1. The van der Waals surface area contributed by atoms with Crippen LogP contribution in [0.5, 0.6) is 5.75 Å². The number of aromatic nitrogens is 2.